The number of nitrogens with zero attached hydrogens (tertiary/aromatic N) is 2. The van der Waals surface area contributed by atoms with Gasteiger partial charge in [0.05, 0.1) is 4.92 Å². The number of hydrogen-bond donors (Lipinski definition) is 2. The number of halogens is 1. The first-order valence-corrected chi connectivity index (χ1v) is 7.73. The van der Waals surface area contributed by atoms with Gasteiger partial charge < -0.3 is 10.6 Å². The Balaban J connectivity index is 0.00000312. The maximum atomic E-state index is 10.8. The van der Waals surface area contributed by atoms with E-state index in [2.05, 4.69) is 47.7 Å². The second-order valence-electron chi connectivity index (χ2n) is 5.64. The predicted octanol–water partition coefficient (Wildman–Crippen LogP) is 3.69. The summed E-state index contributed by atoms with van der Waals surface area (Å²) in [6.07, 6.45) is 0. The lowest BCUT2D eigenvalue weighted by Gasteiger charge is -2.13. The smallest absolute Gasteiger partial charge is 0.269 e. The second-order valence-corrected chi connectivity index (χ2v) is 5.64. The van der Waals surface area contributed by atoms with Crippen molar-refractivity contribution < 1.29 is 4.92 Å². The number of hydrogen-bond acceptors (Lipinski definition) is 3. The number of guanidine groups is 1. The normalized spacial score (nSPS) is 10.8. The van der Waals surface area contributed by atoms with E-state index in [9.17, 15) is 10.1 Å². The first-order valence-electron chi connectivity index (χ1n) is 7.73. The fourth-order valence-electron chi connectivity index (χ4n) is 2.41. The Morgan fingerprint density at radius 2 is 1.84 bits per heavy atom. The molecule has 0 atom stereocenters. The van der Waals surface area contributed by atoms with E-state index in [1.807, 2.05) is 6.07 Å². The van der Waals surface area contributed by atoms with Crippen LogP contribution in [0.4, 0.5) is 5.69 Å². The highest BCUT2D eigenvalue weighted by atomic mass is 127. The molecule has 0 saturated carbocycles. The SMILES string of the molecule is CN=C(NCc1cccc([N+](=O)[O-])c1)NCc1ccc(C)cc1C.I. The van der Waals surface area contributed by atoms with Crippen LogP contribution in [-0.2, 0) is 13.1 Å². The van der Waals surface area contributed by atoms with Crippen LogP contribution in [0.25, 0.3) is 0 Å². The molecule has 0 aromatic heterocycles. The van der Waals surface area contributed by atoms with Gasteiger partial charge in [0.15, 0.2) is 5.96 Å². The topological polar surface area (TPSA) is 79.6 Å². The molecule has 0 saturated heterocycles. The van der Waals surface area contributed by atoms with Gasteiger partial charge in [0.1, 0.15) is 0 Å². The van der Waals surface area contributed by atoms with Crippen molar-refractivity contribution >= 4 is 35.6 Å². The van der Waals surface area contributed by atoms with Crippen molar-refractivity contribution in [2.24, 2.45) is 4.99 Å². The molecule has 6 nitrogen and oxygen atoms in total. The van der Waals surface area contributed by atoms with Crippen molar-refractivity contribution in [3.8, 4) is 0 Å². The summed E-state index contributed by atoms with van der Waals surface area (Å²) in [5, 5.41) is 17.2. The Morgan fingerprint density at radius 3 is 2.48 bits per heavy atom. The van der Waals surface area contributed by atoms with Gasteiger partial charge in [-0.05, 0) is 30.5 Å². The molecule has 25 heavy (non-hydrogen) atoms. The molecule has 2 N–H and O–H groups in total. The minimum Gasteiger partial charge on any atom is -0.352 e. The Bertz CT molecular complexity index is 762. The van der Waals surface area contributed by atoms with Crippen LogP contribution < -0.4 is 10.6 Å². The number of non-ortho nitro benzene ring substituents is 1. The van der Waals surface area contributed by atoms with Crippen molar-refractivity contribution in [2.45, 2.75) is 26.9 Å². The molecule has 0 spiro atoms. The molecule has 2 rings (SSSR count). The summed E-state index contributed by atoms with van der Waals surface area (Å²) in [6, 6.07) is 12.9. The molecule has 0 bridgehead atoms. The molecule has 0 heterocycles. The highest BCUT2D eigenvalue weighted by Gasteiger charge is 2.06. The Morgan fingerprint density at radius 1 is 1.12 bits per heavy atom. The average Bonchev–Trinajstić information content (AvgIpc) is 2.56. The molecule has 0 amide bonds. The fraction of sp³-hybridized carbons (Fsp3) is 0.278. The summed E-state index contributed by atoms with van der Waals surface area (Å²) >= 11 is 0. The van der Waals surface area contributed by atoms with Crippen LogP contribution in [0.5, 0.6) is 0 Å². The summed E-state index contributed by atoms with van der Waals surface area (Å²) in [5.74, 6) is 0.654. The first kappa shape index (κ1) is 20.9. The van der Waals surface area contributed by atoms with Gasteiger partial charge in [-0.3, -0.25) is 15.1 Å². The van der Waals surface area contributed by atoms with Crippen molar-refractivity contribution in [3.05, 3.63) is 74.8 Å². The second kappa shape index (κ2) is 9.97. The number of nitro groups is 1. The molecular formula is C18H23IN4O2. The molecule has 0 aliphatic heterocycles. The number of aryl methyl sites for hydroxylation is 2. The predicted molar refractivity (Wildman–Crippen MR) is 111 cm³/mol. The van der Waals surface area contributed by atoms with E-state index in [0.29, 0.717) is 19.0 Å². The number of benzene rings is 2. The third-order valence-corrected chi connectivity index (χ3v) is 3.75. The Kier molecular flexibility index (Phi) is 8.33. The minimum absolute atomic E-state index is 0. The summed E-state index contributed by atoms with van der Waals surface area (Å²) < 4.78 is 0. The van der Waals surface area contributed by atoms with Crippen LogP contribution in [0, 0.1) is 24.0 Å². The highest BCUT2D eigenvalue weighted by Crippen LogP contribution is 2.13. The zero-order valence-electron chi connectivity index (χ0n) is 14.6. The molecule has 0 unspecified atom stereocenters. The van der Waals surface area contributed by atoms with Gasteiger partial charge in [-0.25, -0.2) is 0 Å². The van der Waals surface area contributed by atoms with Gasteiger partial charge >= 0.3 is 0 Å². The number of nitro benzene ring substituents is 1. The van der Waals surface area contributed by atoms with E-state index in [0.717, 1.165) is 5.56 Å². The molecule has 134 valence electrons. The van der Waals surface area contributed by atoms with Crippen LogP contribution in [0.1, 0.15) is 22.3 Å². The zero-order chi connectivity index (χ0) is 17.5. The lowest BCUT2D eigenvalue weighted by molar-refractivity contribution is -0.384. The van der Waals surface area contributed by atoms with E-state index >= 15 is 0 Å². The van der Waals surface area contributed by atoms with Gasteiger partial charge in [0.2, 0.25) is 0 Å². The lowest BCUT2D eigenvalue weighted by atomic mass is 10.1. The van der Waals surface area contributed by atoms with Crippen LogP contribution >= 0.6 is 24.0 Å². The van der Waals surface area contributed by atoms with E-state index in [1.54, 1.807) is 19.2 Å². The van der Waals surface area contributed by atoms with Gasteiger partial charge in [-0.1, -0.05) is 35.9 Å². The van der Waals surface area contributed by atoms with Gasteiger partial charge in [0.25, 0.3) is 5.69 Å². The van der Waals surface area contributed by atoms with Crippen LogP contribution in [0.15, 0.2) is 47.5 Å². The number of rotatable bonds is 5. The number of aliphatic imine (C=N–C) groups is 1. The zero-order valence-corrected chi connectivity index (χ0v) is 16.9. The summed E-state index contributed by atoms with van der Waals surface area (Å²) in [5.41, 5.74) is 4.60. The first-order chi connectivity index (χ1) is 11.5. The van der Waals surface area contributed by atoms with Gasteiger partial charge in [-0.15, -0.1) is 24.0 Å². The fourth-order valence-corrected chi connectivity index (χ4v) is 2.41. The van der Waals surface area contributed by atoms with Crippen molar-refractivity contribution in [2.75, 3.05) is 7.05 Å². The third-order valence-electron chi connectivity index (χ3n) is 3.75. The third kappa shape index (κ3) is 6.33. The minimum atomic E-state index is -0.392. The molecule has 0 aliphatic carbocycles. The summed E-state index contributed by atoms with van der Waals surface area (Å²) in [7, 11) is 1.70. The lowest BCUT2D eigenvalue weighted by Crippen LogP contribution is -2.36. The standard InChI is InChI=1S/C18H22N4O2.HI/c1-13-7-8-16(14(2)9-13)12-21-18(19-3)20-11-15-5-4-6-17(10-15)22(23)24;/h4-10H,11-12H2,1-3H3,(H2,19,20,21);1H. The Hall–Kier alpha value is -2.16. The van der Waals surface area contributed by atoms with E-state index < -0.39 is 4.92 Å². The van der Waals surface area contributed by atoms with E-state index in [1.165, 1.54) is 22.8 Å². The monoisotopic (exact) mass is 454 g/mol. The average molecular weight is 454 g/mol. The van der Waals surface area contributed by atoms with E-state index in [-0.39, 0.29) is 29.7 Å². The molecular weight excluding hydrogens is 431 g/mol. The van der Waals surface area contributed by atoms with Gasteiger partial charge in [-0.2, -0.15) is 0 Å². The van der Waals surface area contributed by atoms with Crippen LogP contribution in [0.3, 0.4) is 0 Å². The van der Waals surface area contributed by atoms with Crippen LogP contribution in [-0.4, -0.2) is 17.9 Å². The molecule has 0 aliphatic rings. The molecule has 7 heteroatoms. The highest BCUT2D eigenvalue weighted by molar-refractivity contribution is 14.0. The molecule has 0 radical (unpaired) electrons. The number of nitrogens with one attached hydrogen (secondary N) is 2. The van der Waals surface area contributed by atoms with Crippen molar-refractivity contribution in [3.63, 3.8) is 0 Å². The van der Waals surface area contributed by atoms with E-state index in [4.69, 9.17) is 0 Å². The quantitative estimate of drug-likeness (QED) is 0.238. The van der Waals surface area contributed by atoms with Crippen molar-refractivity contribution in [1.29, 1.82) is 0 Å². The van der Waals surface area contributed by atoms with Crippen LogP contribution in [0.2, 0.25) is 0 Å². The molecule has 2 aromatic rings. The molecule has 0 fully saturated rings. The van der Waals surface area contributed by atoms with Crippen molar-refractivity contribution in [1.82, 2.24) is 10.6 Å². The summed E-state index contributed by atoms with van der Waals surface area (Å²) in [4.78, 5) is 14.6. The maximum Gasteiger partial charge on any atom is 0.269 e. The summed E-state index contributed by atoms with van der Waals surface area (Å²) in [6.45, 7) is 5.29. The maximum absolute atomic E-state index is 10.8. The Labute approximate surface area is 164 Å². The molecule has 2 aromatic carbocycles. The largest absolute Gasteiger partial charge is 0.352 e. The van der Waals surface area contributed by atoms with Gasteiger partial charge in [0, 0.05) is 32.3 Å².